The third-order valence-electron chi connectivity index (χ3n) is 7.54. The van der Waals surface area contributed by atoms with Crippen molar-refractivity contribution in [3.05, 3.63) is 12.2 Å². The standard InChI is InChI=1S/C34H57N5O11/c1-24(2)31(26(40)23-25(32(45)34(3,4)5)7-6-12-37-33(35)46)38-28(42)11-15-47-17-19-49-21-22-50-20-18-48-16-13-36-27(41)10-14-39-29(43)8-9-30(39)44/h8-9,24-25,31H,6-7,10-23H2,1-5H3,(H,36,41)(H,38,42)(H3,35,37,46)/t25-,31+/m1/s1. The molecule has 2 atom stereocenters. The van der Waals surface area contributed by atoms with Crippen molar-refractivity contribution >= 4 is 41.2 Å². The van der Waals surface area contributed by atoms with E-state index in [0.717, 1.165) is 4.90 Å². The first kappa shape index (κ1) is 44.3. The van der Waals surface area contributed by atoms with Crippen LogP contribution < -0.4 is 21.7 Å². The van der Waals surface area contributed by atoms with E-state index in [4.69, 9.17) is 24.7 Å². The van der Waals surface area contributed by atoms with E-state index in [2.05, 4.69) is 16.0 Å². The van der Waals surface area contributed by atoms with Gasteiger partial charge in [0.2, 0.25) is 11.8 Å². The van der Waals surface area contributed by atoms with Crippen molar-refractivity contribution in [2.75, 3.05) is 72.5 Å². The zero-order chi connectivity index (χ0) is 37.5. The second-order valence-electron chi connectivity index (χ2n) is 13.2. The van der Waals surface area contributed by atoms with Gasteiger partial charge in [0.05, 0.1) is 58.9 Å². The van der Waals surface area contributed by atoms with E-state index >= 15 is 0 Å². The topological polar surface area (TPSA) is 222 Å². The maximum atomic E-state index is 13.2. The third-order valence-corrected chi connectivity index (χ3v) is 7.54. The molecular formula is C34H57N5O11. The van der Waals surface area contributed by atoms with Crippen molar-refractivity contribution in [3.63, 3.8) is 0 Å². The minimum Gasteiger partial charge on any atom is -0.379 e. The fourth-order valence-corrected chi connectivity index (χ4v) is 4.88. The summed E-state index contributed by atoms with van der Waals surface area (Å²) in [6, 6.07) is -1.39. The van der Waals surface area contributed by atoms with Gasteiger partial charge in [0, 0.05) is 62.4 Å². The zero-order valence-corrected chi connectivity index (χ0v) is 30.2. The van der Waals surface area contributed by atoms with E-state index in [0.29, 0.717) is 59.0 Å². The molecule has 1 aliphatic heterocycles. The quantitative estimate of drug-likeness (QED) is 0.0652. The number of primary amides is 1. The van der Waals surface area contributed by atoms with Crippen LogP contribution >= 0.6 is 0 Å². The molecule has 1 heterocycles. The Morgan fingerprint density at radius 2 is 1.30 bits per heavy atom. The number of hydrogen-bond donors (Lipinski definition) is 4. The molecule has 284 valence electrons. The third kappa shape index (κ3) is 19.5. The van der Waals surface area contributed by atoms with Crippen LogP contribution in [0.25, 0.3) is 0 Å². The Balaban J connectivity index is 2.13. The van der Waals surface area contributed by atoms with Gasteiger partial charge in [-0.3, -0.25) is 33.7 Å². The molecule has 50 heavy (non-hydrogen) atoms. The second-order valence-corrected chi connectivity index (χ2v) is 13.2. The molecule has 0 saturated heterocycles. The summed E-state index contributed by atoms with van der Waals surface area (Å²) in [5.74, 6) is -2.42. The smallest absolute Gasteiger partial charge is 0.312 e. The molecule has 0 spiro atoms. The first-order valence-electron chi connectivity index (χ1n) is 17.1. The van der Waals surface area contributed by atoms with Gasteiger partial charge < -0.3 is 40.6 Å². The number of rotatable bonds is 28. The van der Waals surface area contributed by atoms with E-state index in [1.807, 2.05) is 13.8 Å². The SMILES string of the molecule is CC(C)[C@H](NC(=O)CCOCCOCCOCCOCCNC(=O)CCN1C(=O)C=CC1=O)C(=O)C[C@@H](CCCNC(N)=O)C(=O)C(C)(C)C. The van der Waals surface area contributed by atoms with Crippen LogP contribution in [0.2, 0.25) is 0 Å². The summed E-state index contributed by atoms with van der Waals surface area (Å²) in [7, 11) is 0. The Morgan fingerprint density at radius 3 is 1.82 bits per heavy atom. The lowest BCUT2D eigenvalue weighted by molar-refractivity contribution is -0.137. The highest BCUT2D eigenvalue weighted by atomic mass is 16.6. The molecule has 0 unspecified atom stereocenters. The van der Waals surface area contributed by atoms with Crippen molar-refractivity contribution < 1.29 is 52.5 Å². The van der Waals surface area contributed by atoms with Crippen LogP contribution in [0.5, 0.6) is 0 Å². The number of carbonyl (C=O) groups is 7. The van der Waals surface area contributed by atoms with Crippen LogP contribution in [0.4, 0.5) is 4.79 Å². The van der Waals surface area contributed by atoms with Gasteiger partial charge in [-0.2, -0.15) is 0 Å². The largest absolute Gasteiger partial charge is 0.379 e. The summed E-state index contributed by atoms with van der Waals surface area (Å²) in [5, 5.41) is 7.95. The fraction of sp³-hybridized carbons (Fsp3) is 0.735. The molecule has 6 amide bonds. The summed E-state index contributed by atoms with van der Waals surface area (Å²) >= 11 is 0. The number of ether oxygens (including phenoxy) is 4. The first-order chi connectivity index (χ1) is 23.6. The van der Waals surface area contributed by atoms with Crippen LogP contribution in [-0.4, -0.2) is 125 Å². The number of nitrogens with one attached hydrogen (secondary N) is 3. The van der Waals surface area contributed by atoms with Crippen LogP contribution in [0.3, 0.4) is 0 Å². The lowest BCUT2D eigenvalue weighted by Crippen LogP contribution is -2.46. The fourth-order valence-electron chi connectivity index (χ4n) is 4.88. The predicted octanol–water partition coefficient (Wildman–Crippen LogP) is 0.654. The molecule has 0 radical (unpaired) electrons. The monoisotopic (exact) mass is 711 g/mol. The van der Waals surface area contributed by atoms with E-state index in [9.17, 15) is 33.6 Å². The maximum absolute atomic E-state index is 13.2. The average Bonchev–Trinajstić information content (AvgIpc) is 3.36. The van der Waals surface area contributed by atoms with E-state index < -0.39 is 35.2 Å². The van der Waals surface area contributed by atoms with Crippen molar-refractivity contribution in [3.8, 4) is 0 Å². The van der Waals surface area contributed by atoms with Gasteiger partial charge in [0.1, 0.15) is 5.78 Å². The Morgan fingerprint density at radius 1 is 0.760 bits per heavy atom. The Bertz CT molecular complexity index is 1130. The molecule has 16 heteroatoms. The van der Waals surface area contributed by atoms with Crippen LogP contribution in [-0.2, 0) is 47.7 Å². The zero-order valence-electron chi connectivity index (χ0n) is 30.2. The normalized spacial score (nSPS) is 14.2. The molecule has 5 N–H and O–H groups in total. The predicted molar refractivity (Wildman–Crippen MR) is 183 cm³/mol. The summed E-state index contributed by atoms with van der Waals surface area (Å²) < 4.78 is 21.8. The molecule has 0 aliphatic carbocycles. The first-order valence-corrected chi connectivity index (χ1v) is 17.1. The number of carbonyl (C=O) groups excluding carboxylic acids is 7. The molecule has 1 rings (SSSR count). The van der Waals surface area contributed by atoms with Gasteiger partial charge in [0.25, 0.3) is 11.8 Å². The minimum absolute atomic E-state index is 0.00524. The van der Waals surface area contributed by atoms with Crippen LogP contribution in [0, 0.1) is 17.3 Å². The van der Waals surface area contributed by atoms with E-state index in [1.54, 1.807) is 20.8 Å². The van der Waals surface area contributed by atoms with E-state index in [-0.39, 0.29) is 74.9 Å². The van der Waals surface area contributed by atoms with Gasteiger partial charge in [0.15, 0.2) is 5.78 Å². The molecule has 0 fully saturated rings. The number of urea groups is 1. The Hall–Kier alpha value is -3.73. The second kappa shape index (κ2) is 24.4. The molecule has 0 aromatic rings. The van der Waals surface area contributed by atoms with Crippen molar-refractivity contribution in [2.24, 2.45) is 23.0 Å². The van der Waals surface area contributed by atoms with Crippen molar-refractivity contribution in [1.29, 1.82) is 0 Å². The molecule has 0 saturated carbocycles. The highest BCUT2D eigenvalue weighted by Crippen LogP contribution is 2.26. The number of nitrogens with zero attached hydrogens (tertiary/aromatic N) is 1. The molecule has 0 aromatic carbocycles. The Labute approximate surface area is 294 Å². The summed E-state index contributed by atoms with van der Waals surface area (Å²) in [6.45, 7) is 12.1. The number of nitrogens with two attached hydrogens (primary N) is 1. The molecular weight excluding hydrogens is 654 g/mol. The van der Waals surface area contributed by atoms with Crippen LogP contribution in [0.1, 0.15) is 66.7 Å². The molecule has 0 aromatic heterocycles. The number of Topliss-reactive ketones (excluding diaryl/α,β-unsaturated/α-hetero) is 2. The average molecular weight is 712 g/mol. The lowest BCUT2D eigenvalue weighted by atomic mass is 9.78. The van der Waals surface area contributed by atoms with Gasteiger partial charge in [-0.15, -0.1) is 0 Å². The number of hydrogen-bond acceptors (Lipinski definition) is 11. The minimum atomic E-state index is -0.744. The van der Waals surface area contributed by atoms with Gasteiger partial charge in [-0.25, -0.2) is 4.79 Å². The van der Waals surface area contributed by atoms with Crippen LogP contribution in [0.15, 0.2) is 12.2 Å². The van der Waals surface area contributed by atoms with Gasteiger partial charge in [-0.1, -0.05) is 34.6 Å². The van der Waals surface area contributed by atoms with Gasteiger partial charge in [-0.05, 0) is 18.8 Å². The van der Waals surface area contributed by atoms with Crippen molar-refractivity contribution in [1.82, 2.24) is 20.9 Å². The maximum Gasteiger partial charge on any atom is 0.312 e. The molecule has 16 nitrogen and oxygen atoms in total. The lowest BCUT2D eigenvalue weighted by Gasteiger charge is -2.27. The number of ketones is 2. The Kier molecular flexibility index (Phi) is 21.6. The van der Waals surface area contributed by atoms with E-state index in [1.165, 1.54) is 12.2 Å². The van der Waals surface area contributed by atoms with Gasteiger partial charge >= 0.3 is 6.03 Å². The summed E-state index contributed by atoms with van der Waals surface area (Å²) in [5.41, 5.74) is 4.47. The number of amides is 6. The highest BCUT2D eigenvalue weighted by molar-refractivity contribution is 6.13. The summed E-state index contributed by atoms with van der Waals surface area (Å²) in [4.78, 5) is 85.6. The molecule has 1 aliphatic rings. The highest BCUT2D eigenvalue weighted by Gasteiger charge is 2.34. The number of imide groups is 1. The molecule has 0 bridgehead atoms. The van der Waals surface area contributed by atoms with Crippen molar-refractivity contribution in [2.45, 2.75) is 72.8 Å². The summed E-state index contributed by atoms with van der Waals surface area (Å²) in [6.07, 6.45) is 3.34.